The Labute approximate surface area is 170 Å². The Balaban J connectivity index is 1.58. The monoisotopic (exact) mass is 386 g/mol. The molecule has 3 aromatic rings. The van der Waals surface area contributed by atoms with Crippen molar-refractivity contribution in [1.82, 2.24) is 5.32 Å². The van der Waals surface area contributed by atoms with Crippen molar-refractivity contribution in [3.63, 3.8) is 0 Å². The van der Waals surface area contributed by atoms with Crippen molar-refractivity contribution in [2.24, 2.45) is 0 Å². The van der Waals surface area contributed by atoms with Gasteiger partial charge < -0.3 is 14.8 Å². The Kier molecular flexibility index (Phi) is 6.99. The Bertz CT molecular complexity index is 1010. The number of hydrogen-bond donors (Lipinski definition) is 1. The SMILES string of the molecule is COCc1ccc(CNC(=O)c2cccc(OCc3ccccc3C#N)c2)cc1. The van der Waals surface area contributed by atoms with Crippen LogP contribution in [0, 0.1) is 11.3 Å². The van der Waals surface area contributed by atoms with E-state index in [0.29, 0.717) is 30.0 Å². The summed E-state index contributed by atoms with van der Waals surface area (Å²) in [6.07, 6.45) is 0. The summed E-state index contributed by atoms with van der Waals surface area (Å²) >= 11 is 0. The summed E-state index contributed by atoms with van der Waals surface area (Å²) < 4.78 is 10.9. The van der Waals surface area contributed by atoms with Crippen LogP contribution >= 0.6 is 0 Å². The third-order valence-electron chi connectivity index (χ3n) is 4.42. The number of nitrogens with one attached hydrogen (secondary N) is 1. The fourth-order valence-electron chi connectivity index (χ4n) is 2.85. The molecule has 0 aliphatic heterocycles. The van der Waals surface area contributed by atoms with Crippen LogP contribution in [0.1, 0.15) is 32.6 Å². The number of carbonyl (C=O) groups is 1. The van der Waals surface area contributed by atoms with E-state index in [1.807, 2.05) is 42.5 Å². The molecule has 5 heteroatoms. The van der Waals surface area contributed by atoms with Gasteiger partial charge in [0, 0.05) is 24.8 Å². The molecule has 0 bridgehead atoms. The lowest BCUT2D eigenvalue weighted by Crippen LogP contribution is -2.22. The zero-order valence-corrected chi connectivity index (χ0v) is 16.2. The minimum absolute atomic E-state index is 0.172. The Hall–Kier alpha value is -3.62. The molecule has 0 fully saturated rings. The first-order chi connectivity index (χ1) is 14.2. The van der Waals surface area contributed by atoms with Gasteiger partial charge in [-0.2, -0.15) is 5.26 Å². The Morgan fingerprint density at radius 1 is 0.966 bits per heavy atom. The van der Waals surface area contributed by atoms with Gasteiger partial charge in [-0.15, -0.1) is 0 Å². The van der Waals surface area contributed by atoms with Crippen molar-refractivity contribution in [1.29, 1.82) is 5.26 Å². The van der Waals surface area contributed by atoms with Crippen LogP contribution in [0.25, 0.3) is 0 Å². The fraction of sp³-hybridized carbons (Fsp3) is 0.167. The van der Waals surface area contributed by atoms with E-state index in [2.05, 4.69) is 11.4 Å². The molecule has 3 rings (SSSR count). The first kappa shape index (κ1) is 20.1. The van der Waals surface area contributed by atoms with Gasteiger partial charge in [0.1, 0.15) is 12.4 Å². The normalized spacial score (nSPS) is 10.2. The second kappa shape index (κ2) is 10.1. The lowest BCUT2D eigenvalue weighted by molar-refractivity contribution is 0.0950. The molecule has 0 aromatic heterocycles. The number of nitrogens with zero attached hydrogens (tertiary/aromatic N) is 1. The molecule has 0 unspecified atom stereocenters. The van der Waals surface area contributed by atoms with Gasteiger partial charge in [-0.05, 0) is 35.4 Å². The molecule has 0 spiro atoms. The van der Waals surface area contributed by atoms with Crippen molar-refractivity contribution in [2.75, 3.05) is 7.11 Å². The summed E-state index contributed by atoms with van der Waals surface area (Å²) in [4.78, 5) is 12.5. The maximum Gasteiger partial charge on any atom is 0.251 e. The van der Waals surface area contributed by atoms with Gasteiger partial charge in [0.25, 0.3) is 5.91 Å². The molecular formula is C24H22N2O3. The van der Waals surface area contributed by atoms with E-state index in [4.69, 9.17) is 14.7 Å². The number of benzene rings is 3. The number of carbonyl (C=O) groups excluding carboxylic acids is 1. The summed E-state index contributed by atoms with van der Waals surface area (Å²) in [5.41, 5.74) is 4.01. The van der Waals surface area contributed by atoms with E-state index in [-0.39, 0.29) is 12.5 Å². The second-order valence-corrected chi connectivity index (χ2v) is 6.52. The number of hydrogen-bond acceptors (Lipinski definition) is 4. The summed E-state index contributed by atoms with van der Waals surface area (Å²) in [5.74, 6) is 0.406. The van der Waals surface area contributed by atoms with Crippen LogP contribution in [-0.2, 0) is 24.5 Å². The van der Waals surface area contributed by atoms with Crippen LogP contribution in [0.15, 0.2) is 72.8 Å². The lowest BCUT2D eigenvalue weighted by Gasteiger charge is -2.10. The summed E-state index contributed by atoms with van der Waals surface area (Å²) in [5, 5.41) is 12.1. The maximum atomic E-state index is 12.5. The molecule has 3 aromatic carbocycles. The largest absolute Gasteiger partial charge is 0.489 e. The second-order valence-electron chi connectivity index (χ2n) is 6.52. The number of amides is 1. The van der Waals surface area contributed by atoms with E-state index >= 15 is 0 Å². The first-order valence-corrected chi connectivity index (χ1v) is 9.25. The average molecular weight is 386 g/mol. The highest BCUT2D eigenvalue weighted by molar-refractivity contribution is 5.94. The van der Waals surface area contributed by atoms with Crippen LogP contribution in [0.3, 0.4) is 0 Å². The fourth-order valence-corrected chi connectivity index (χ4v) is 2.85. The van der Waals surface area contributed by atoms with Crippen LogP contribution in [0.2, 0.25) is 0 Å². The number of ether oxygens (including phenoxy) is 2. The molecule has 0 heterocycles. The minimum Gasteiger partial charge on any atom is -0.489 e. The highest BCUT2D eigenvalue weighted by atomic mass is 16.5. The molecule has 146 valence electrons. The number of methoxy groups -OCH3 is 1. The van der Waals surface area contributed by atoms with Crippen LogP contribution in [-0.4, -0.2) is 13.0 Å². The summed E-state index contributed by atoms with van der Waals surface area (Å²) in [6.45, 7) is 1.27. The summed E-state index contributed by atoms with van der Waals surface area (Å²) in [6, 6.07) is 24.4. The first-order valence-electron chi connectivity index (χ1n) is 9.25. The van der Waals surface area contributed by atoms with Crippen molar-refractivity contribution in [3.05, 3.63) is 101 Å². The molecule has 5 nitrogen and oxygen atoms in total. The Morgan fingerprint density at radius 3 is 2.48 bits per heavy atom. The highest BCUT2D eigenvalue weighted by Crippen LogP contribution is 2.17. The number of rotatable bonds is 8. The van der Waals surface area contributed by atoms with Gasteiger partial charge in [0.2, 0.25) is 0 Å². The predicted molar refractivity (Wildman–Crippen MR) is 110 cm³/mol. The van der Waals surface area contributed by atoms with Crippen LogP contribution < -0.4 is 10.1 Å². The molecule has 0 radical (unpaired) electrons. The van der Waals surface area contributed by atoms with E-state index in [1.165, 1.54) is 0 Å². The number of nitriles is 1. The molecule has 0 atom stereocenters. The van der Waals surface area contributed by atoms with E-state index in [1.54, 1.807) is 37.4 Å². The third kappa shape index (κ3) is 5.68. The van der Waals surface area contributed by atoms with Gasteiger partial charge in [-0.25, -0.2) is 0 Å². The zero-order valence-electron chi connectivity index (χ0n) is 16.2. The van der Waals surface area contributed by atoms with Gasteiger partial charge in [0.15, 0.2) is 0 Å². The quantitative estimate of drug-likeness (QED) is 0.629. The topological polar surface area (TPSA) is 71.3 Å². The van der Waals surface area contributed by atoms with Crippen molar-refractivity contribution in [2.45, 2.75) is 19.8 Å². The highest BCUT2D eigenvalue weighted by Gasteiger charge is 2.08. The van der Waals surface area contributed by atoms with Gasteiger partial charge in [-0.1, -0.05) is 48.5 Å². The third-order valence-corrected chi connectivity index (χ3v) is 4.42. The van der Waals surface area contributed by atoms with Gasteiger partial charge >= 0.3 is 0 Å². The van der Waals surface area contributed by atoms with Crippen LogP contribution in [0.4, 0.5) is 0 Å². The van der Waals surface area contributed by atoms with Crippen molar-refractivity contribution >= 4 is 5.91 Å². The van der Waals surface area contributed by atoms with E-state index < -0.39 is 0 Å². The van der Waals surface area contributed by atoms with Gasteiger partial charge in [0.05, 0.1) is 18.2 Å². The molecule has 0 aliphatic carbocycles. The minimum atomic E-state index is -0.172. The smallest absolute Gasteiger partial charge is 0.251 e. The molecule has 1 N–H and O–H groups in total. The molecule has 0 saturated carbocycles. The van der Waals surface area contributed by atoms with Crippen LogP contribution in [0.5, 0.6) is 5.75 Å². The average Bonchev–Trinajstić information content (AvgIpc) is 2.77. The standard InChI is InChI=1S/C24H22N2O3/c1-28-16-19-11-9-18(10-12-19)15-26-24(27)20-7-4-8-23(13-20)29-17-22-6-3-2-5-21(22)14-25/h2-13H,15-17H2,1H3,(H,26,27). The molecule has 29 heavy (non-hydrogen) atoms. The molecule has 0 saturated heterocycles. The van der Waals surface area contributed by atoms with Crippen molar-refractivity contribution in [3.8, 4) is 11.8 Å². The zero-order chi connectivity index (χ0) is 20.5. The molecule has 1 amide bonds. The molecule has 0 aliphatic rings. The van der Waals surface area contributed by atoms with E-state index in [9.17, 15) is 4.79 Å². The Morgan fingerprint density at radius 2 is 1.72 bits per heavy atom. The van der Waals surface area contributed by atoms with Crippen molar-refractivity contribution < 1.29 is 14.3 Å². The lowest BCUT2D eigenvalue weighted by atomic mass is 10.1. The maximum absolute atomic E-state index is 12.5. The van der Waals surface area contributed by atoms with Gasteiger partial charge in [-0.3, -0.25) is 4.79 Å². The predicted octanol–water partition coefficient (Wildman–Crippen LogP) is 4.21. The molecular weight excluding hydrogens is 364 g/mol. The van der Waals surface area contributed by atoms with E-state index in [0.717, 1.165) is 16.7 Å². The summed E-state index contributed by atoms with van der Waals surface area (Å²) in [7, 11) is 1.66.